The Morgan fingerprint density at radius 2 is 2.00 bits per heavy atom. The third-order valence-electron chi connectivity index (χ3n) is 3.99. The van der Waals surface area contributed by atoms with Crippen LogP contribution in [-0.4, -0.2) is 18.0 Å². The van der Waals surface area contributed by atoms with Gasteiger partial charge in [-0.1, -0.05) is 19.4 Å². The van der Waals surface area contributed by atoms with E-state index >= 15 is 0 Å². The smallest absolute Gasteiger partial charge is 0.242 e. The second-order valence-electron chi connectivity index (χ2n) is 5.90. The predicted molar refractivity (Wildman–Crippen MR) is 84.1 cm³/mol. The summed E-state index contributed by atoms with van der Waals surface area (Å²) in [5.41, 5.74) is 3.95. The first-order valence-corrected chi connectivity index (χ1v) is 7.79. The highest BCUT2D eigenvalue weighted by atomic mass is 16.2. The number of hydrogen-bond acceptors (Lipinski definition) is 2. The molecule has 2 N–H and O–H groups in total. The molecule has 3 heteroatoms. The van der Waals surface area contributed by atoms with Crippen molar-refractivity contribution in [1.82, 2.24) is 5.32 Å². The molecule has 0 aliphatic heterocycles. The van der Waals surface area contributed by atoms with Crippen LogP contribution >= 0.6 is 0 Å². The van der Waals surface area contributed by atoms with E-state index in [0.717, 1.165) is 18.5 Å². The molecule has 110 valence electrons. The van der Waals surface area contributed by atoms with Crippen LogP contribution in [0.5, 0.6) is 0 Å². The SMILES string of the molecule is CCCC(C)NC(=O)C(C)Nc1ccc2c(c1)CCC2. The van der Waals surface area contributed by atoms with Gasteiger partial charge in [-0.25, -0.2) is 0 Å². The average molecular weight is 274 g/mol. The van der Waals surface area contributed by atoms with Crippen LogP contribution in [0.1, 0.15) is 51.2 Å². The maximum atomic E-state index is 12.1. The minimum Gasteiger partial charge on any atom is -0.374 e. The maximum Gasteiger partial charge on any atom is 0.242 e. The van der Waals surface area contributed by atoms with E-state index in [1.54, 1.807) is 0 Å². The van der Waals surface area contributed by atoms with Crippen molar-refractivity contribution in [3.8, 4) is 0 Å². The summed E-state index contributed by atoms with van der Waals surface area (Å²) in [6.45, 7) is 6.11. The van der Waals surface area contributed by atoms with Crippen LogP contribution in [0.15, 0.2) is 18.2 Å². The van der Waals surface area contributed by atoms with Crippen molar-refractivity contribution >= 4 is 11.6 Å². The summed E-state index contributed by atoms with van der Waals surface area (Å²) >= 11 is 0. The molecule has 3 nitrogen and oxygen atoms in total. The molecule has 2 unspecified atom stereocenters. The number of carbonyl (C=O) groups excluding carboxylic acids is 1. The van der Waals surface area contributed by atoms with E-state index in [9.17, 15) is 4.79 Å². The summed E-state index contributed by atoms with van der Waals surface area (Å²) in [4.78, 5) is 12.1. The van der Waals surface area contributed by atoms with Crippen molar-refractivity contribution in [2.24, 2.45) is 0 Å². The third-order valence-corrected chi connectivity index (χ3v) is 3.99. The molecule has 0 bridgehead atoms. The standard InChI is InChI=1S/C17H26N2O/c1-4-6-12(2)18-17(20)13(3)19-16-10-9-14-7-5-8-15(14)11-16/h9-13,19H,4-8H2,1-3H3,(H,18,20). The van der Waals surface area contributed by atoms with E-state index < -0.39 is 0 Å². The molecule has 1 aliphatic carbocycles. The largest absolute Gasteiger partial charge is 0.374 e. The Labute approximate surface area is 122 Å². The van der Waals surface area contributed by atoms with E-state index in [1.165, 1.54) is 30.4 Å². The topological polar surface area (TPSA) is 41.1 Å². The van der Waals surface area contributed by atoms with Crippen molar-refractivity contribution in [3.63, 3.8) is 0 Å². The quantitative estimate of drug-likeness (QED) is 0.836. The number of hydrogen-bond donors (Lipinski definition) is 2. The molecule has 0 spiro atoms. The number of carbonyl (C=O) groups is 1. The molecule has 0 radical (unpaired) electrons. The lowest BCUT2D eigenvalue weighted by Crippen LogP contribution is -2.42. The minimum atomic E-state index is -0.200. The predicted octanol–water partition coefficient (Wildman–Crippen LogP) is 3.28. The van der Waals surface area contributed by atoms with Crippen molar-refractivity contribution < 1.29 is 4.79 Å². The molecule has 0 heterocycles. The average Bonchev–Trinajstić information content (AvgIpc) is 2.86. The van der Waals surface area contributed by atoms with Crippen molar-refractivity contribution in [2.45, 2.75) is 65.0 Å². The van der Waals surface area contributed by atoms with E-state index in [2.05, 4.69) is 42.7 Å². The molecule has 0 saturated heterocycles. The molecule has 0 saturated carbocycles. The number of aryl methyl sites for hydroxylation is 2. The first-order valence-electron chi connectivity index (χ1n) is 7.79. The van der Waals surface area contributed by atoms with E-state index in [0.29, 0.717) is 0 Å². The van der Waals surface area contributed by atoms with Gasteiger partial charge in [0.1, 0.15) is 6.04 Å². The number of anilines is 1. The van der Waals surface area contributed by atoms with Gasteiger partial charge in [0.05, 0.1) is 0 Å². The normalized spacial score (nSPS) is 16.4. The maximum absolute atomic E-state index is 12.1. The van der Waals surface area contributed by atoms with Gasteiger partial charge in [-0.3, -0.25) is 4.79 Å². The van der Waals surface area contributed by atoms with Crippen LogP contribution in [-0.2, 0) is 17.6 Å². The molecule has 0 aromatic heterocycles. The van der Waals surface area contributed by atoms with Gasteiger partial charge in [0.15, 0.2) is 0 Å². The molecule has 2 atom stereocenters. The van der Waals surface area contributed by atoms with Gasteiger partial charge in [-0.2, -0.15) is 0 Å². The zero-order chi connectivity index (χ0) is 14.5. The zero-order valence-electron chi connectivity index (χ0n) is 12.8. The Kier molecular flexibility index (Phi) is 5.05. The number of fused-ring (bicyclic) bond motifs is 1. The molecule has 1 amide bonds. The fourth-order valence-corrected chi connectivity index (χ4v) is 2.85. The number of nitrogens with one attached hydrogen (secondary N) is 2. The summed E-state index contributed by atoms with van der Waals surface area (Å²) in [5, 5.41) is 6.36. The molecular formula is C17H26N2O. The van der Waals surface area contributed by atoms with Crippen molar-refractivity contribution in [3.05, 3.63) is 29.3 Å². The van der Waals surface area contributed by atoms with Crippen molar-refractivity contribution in [2.75, 3.05) is 5.32 Å². The molecule has 20 heavy (non-hydrogen) atoms. The highest BCUT2D eigenvalue weighted by Crippen LogP contribution is 2.25. The van der Waals surface area contributed by atoms with Gasteiger partial charge in [0.2, 0.25) is 5.91 Å². The first-order chi connectivity index (χ1) is 9.60. The van der Waals surface area contributed by atoms with E-state index in [1.807, 2.05) is 6.92 Å². The summed E-state index contributed by atoms with van der Waals surface area (Å²) in [7, 11) is 0. The second kappa shape index (κ2) is 6.78. The fraction of sp³-hybridized carbons (Fsp3) is 0.588. The van der Waals surface area contributed by atoms with E-state index in [4.69, 9.17) is 0 Å². The molecule has 0 fully saturated rings. The molecule has 1 aromatic rings. The summed E-state index contributed by atoms with van der Waals surface area (Å²) in [5.74, 6) is 0.0754. The lowest BCUT2D eigenvalue weighted by Gasteiger charge is -2.19. The monoisotopic (exact) mass is 274 g/mol. The minimum absolute atomic E-state index is 0.0754. The Hall–Kier alpha value is -1.51. The number of amides is 1. The van der Waals surface area contributed by atoms with Crippen LogP contribution in [0.25, 0.3) is 0 Å². The first kappa shape index (κ1) is 14.9. The van der Waals surface area contributed by atoms with Gasteiger partial charge in [-0.05, 0) is 62.8 Å². The van der Waals surface area contributed by atoms with Gasteiger partial charge < -0.3 is 10.6 Å². The van der Waals surface area contributed by atoms with Gasteiger partial charge >= 0.3 is 0 Å². The summed E-state index contributed by atoms with van der Waals surface area (Å²) in [6, 6.07) is 6.52. The zero-order valence-corrected chi connectivity index (χ0v) is 12.8. The van der Waals surface area contributed by atoms with Crippen LogP contribution in [0.2, 0.25) is 0 Å². The lowest BCUT2D eigenvalue weighted by molar-refractivity contribution is -0.122. The number of benzene rings is 1. The van der Waals surface area contributed by atoms with Crippen LogP contribution < -0.4 is 10.6 Å². The Morgan fingerprint density at radius 1 is 1.25 bits per heavy atom. The lowest BCUT2D eigenvalue weighted by atomic mass is 10.1. The van der Waals surface area contributed by atoms with Crippen LogP contribution in [0, 0.1) is 0 Å². The summed E-state index contributed by atoms with van der Waals surface area (Å²) < 4.78 is 0. The molecular weight excluding hydrogens is 248 g/mol. The van der Waals surface area contributed by atoms with E-state index in [-0.39, 0.29) is 18.0 Å². The van der Waals surface area contributed by atoms with Crippen LogP contribution in [0.4, 0.5) is 5.69 Å². The van der Waals surface area contributed by atoms with Gasteiger partial charge in [0, 0.05) is 11.7 Å². The summed E-state index contributed by atoms with van der Waals surface area (Å²) in [6.07, 6.45) is 5.73. The fourth-order valence-electron chi connectivity index (χ4n) is 2.85. The number of rotatable bonds is 6. The third kappa shape index (κ3) is 3.75. The highest BCUT2D eigenvalue weighted by Gasteiger charge is 2.16. The van der Waals surface area contributed by atoms with Gasteiger partial charge in [-0.15, -0.1) is 0 Å². The Balaban J connectivity index is 1.90. The molecule has 1 aliphatic rings. The Bertz CT molecular complexity index is 470. The second-order valence-corrected chi connectivity index (χ2v) is 5.90. The Morgan fingerprint density at radius 3 is 2.75 bits per heavy atom. The van der Waals surface area contributed by atoms with Crippen molar-refractivity contribution in [1.29, 1.82) is 0 Å². The van der Waals surface area contributed by atoms with Gasteiger partial charge in [0.25, 0.3) is 0 Å². The highest BCUT2D eigenvalue weighted by molar-refractivity contribution is 5.84. The van der Waals surface area contributed by atoms with Crippen LogP contribution in [0.3, 0.4) is 0 Å². The molecule has 1 aromatic carbocycles. The molecule has 2 rings (SSSR count).